The van der Waals surface area contributed by atoms with E-state index >= 15 is 0 Å². The Morgan fingerprint density at radius 2 is 2.35 bits per heavy atom. The normalized spacial score (nSPS) is 20.4. The molecule has 0 radical (unpaired) electrons. The molecule has 0 spiro atoms. The quantitative estimate of drug-likeness (QED) is 0.877. The van der Waals surface area contributed by atoms with Crippen LogP contribution in [0.3, 0.4) is 0 Å². The molecule has 4 heteroatoms. The van der Waals surface area contributed by atoms with E-state index in [1.807, 2.05) is 17.9 Å². The van der Waals surface area contributed by atoms with Gasteiger partial charge < -0.3 is 15.4 Å². The number of ether oxygens (including phenoxy) is 1. The van der Waals surface area contributed by atoms with Crippen LogP contribution in [-0.2, 0) is 0 Å². The Bertz CT molecular complexity index is 384. The van der Waals surface area contributed by atoms with E-state index in [0.717, 1.165) is 25.9 Å². The third-order valence-corrected chi connectivity index (χ3v) is 3.03. The van der Waals surface area contributed by atoms with Gasteiger partial charge in [-0.15, -0.1) is 0 Å². The van der Waals surface area contributed by atoms with Crippen LogP contribution in [0, 0.1) is 5.82 Å². The van der Waals surface area contributed by atoms with Crippen LogP contribution in [0.4, 0.5) is 10.1 Å². The predicted octanol–water partition coefficient (Wildman–Crippen LogP) is 2.15. The van der Waals surface area contributed by atoms with Gasteiger partial charge in [0.2, 0.25) is 0 Å². The lowest BCUT2D eigenvalue weighted by Gasteiger charge is -2.32. The third kappa shape index (κ3) is 2.88. The van der Waals surface area contributed by atoms with Gasteiger partial charge in [-0.2, -0.15) is 0 Å². The van der Waals surface area contributed by atoms with Crippen LogP contribution in [0.2, 0.25) is 0 Å². The second kappa shape index (κ2) is 5.36. The minimum Gasteiger partial charge on any atom is -0.494 e. The Kier molecular flexibility index (Phi) is 3.84. The molecule has 2 N–H and O–H groups in total. The first-order valence-corrected chi connectivity index (χ1v) is 6.13. The Balaban J connectivity index is 2.15. The summed E-state index contributed by atoms with van der Waals surface area (Å²) >= 11 is 0. The number of hydrogen-bond donors (Lipinski definition) is 1. The summed E-state index contributed by atoms with van der Waals surface area (Å²) in [6, 6.07) is 5.18. The molecule has 1 aliphatic heterocycles. The van der Waals surface area contributed by atoms with Crippen LogP contribution in [0.1, 0.15) is 19.8 Å². The van der Waals surface area contributed by atoms with Gasteiger partial charge in [0, 0.05) is 25.2 Å². The molecule has 1 aromatic rings. The van der Waals surface area contributed by atoms with Crippen LogP contribution in [0.25, 0.3) is 0 Å². The molecular formula is C13H19FN2O. The van der Waals surface area contributed by atoms with Gasteiger partial charge in [-0.3, -0.25) is 0 Å². The van der Waals surface area contributed by atoms with E-state index in [2.05, 4.69) is 0 Å². The molecule has 1 atom stereocenters. The molecule has 1 aromatic carbocycles. The van der Waals surface area contributed by atoms with Crippen molar-refractivity contribution in [2.75, 3.05) is 24.6 Å². The van der Waals surface area contributed by atoms with Crippen molar-refractivity contribution in [1.82, 2.24) is 0 Å². The lowest BCUT2D eigenvalue weighted by atomic mass is 10.1. The Morgan fingerprint density at radius 3 is 3.00 bits per heavy atom. The van der Waals surface area contributed by atoms with E-state index in [0.29, 0.717) is 18.0 Å². The molecule has 1 heterocycles. The molecule has 17 heavy (non-hydrogen) atoms. The highest BCUT2D eigenvalue weighted by atomic mass is 19.1. The highest BCUT2D eigenvalue weighted by molar-refractivity contribution is 5.51. The number of benzene rings is 1. The molecule has 0 aromatic heterocycles. The van der Waals surface area contributed by atoms with E-state index in [4.69, 9.17) is 10.5 Å². The molecule has 94 valence electrons. The Morgan fingerprint density at radius 1 is 1.53 bits per heavy atom. The predicted molar refractivity (Wildman–Crippen MR) is 67.0 cm³/mol. The maximum atomic E-state index is 13.9. The molecule has 1 saturated heterocycles. The third-order valence-electron chi connectivity index (χ3n) is 3.03. The topological polar surface area (TPSA) is 38.5 Å². The van der Waals surface area contributed by atoms with E-state index in [9.17, 15) is 4.39 Å². The Labute approximate surface area is 101 Å². The van der Waals surface area contributed by atoms with Gasteiger partial charge in [-0.25, -0.2) is 4.39 Å². The molecule has 1 unspecified atom stereocenters. The average Bonchev–Trinajstić information content (AvgIpc) is 2.29. The summed E-state index contributed by atoms with van der Waals surface area (Å²) in [7, 11) is 0. The number of halogens is 1. The van der Waals surface area contributed by atoms with E-state index in [1.165, 1.54) is 6.07 Å². The summed E-state index contributed by atoms with van der Waals surface area (Å²) in [5.41, 5.74) is 6.53. The zero-order valence-electron chi connectivity index (χ0n) is 10.2. The van der Waals surface area contributed by atoms with Crippen LogP contribution in [-0.4, -0.2) is 25.7 Å². The molecule has 1 fully saturated rings. The minimum absolute atomic E-state index is 0.148. The Hall–Kier alpha value is -1.29. The number of piperidine rings is 1. The first kappa shape index (κ1) is 12.2. The number of rotatable bonds is 3. The lowest BCUT2D eigenvalue weighted by Crippen LogP contribution is -2.43. The molecule has 1 aliphatic rings. The van der Waals surface area contributed by atoms with Gasteiger partial charge in [-0.1, -0.05) is 0 Å². The highest BCUT2D eigenvalue weighted by Gasteiger charge is 2.19. The van der Waals surface area contributed by atoms with Crippen molar-refractivity contribution in [1.29, 1.82) is 0 Å². The maximum absolute atomic E-state index is 13.9. The summed E-state index contributed by atoms with van der Waals surface area (Å²) in [5.74, 6) is 0.347. The lowest BCUT2D eigenvalue weighted by molar-refractivity contribution is 0.338. The monoisotopic (exact) mass is 238 g/mol. The summed E-state index contributed by atoms with van der Waals surface area (Å²) in [6.07, 6.45) is 2.04. The second-order valence-electron chi connectivity index (χ2n) is 4.39. The largest absolute Gasteiger partial charge is 0.494 e. The zero-order chi connectivity index (χ0) is 12.3. The van der Waals surface area contributed by atoms with Crippen molar-refractivity contribution in [3.8, 4) is 5.75 Å². The number of nitrogens with zero attached hydrogens (tertiary/aromatic N) is 1. The second-order valence-corrected chi connectivity index (χ2v) is 4.39. The fourth-order valence-electron chi connectivity index (χ4n) is 2.23. The van der Waals surface area contributed by atoms with Crippen LogP contribution in [0.5, 0.6) is 5.75 Å². The molecule has 3 nitrogen and oxygen atoms in total. The smallest absolute Gasteiger partial charge is 0.150 e. The first-order valence-electron chi connectivity index (χ1n) is 6.13. The SMILES string of the molecule is CCOc1ccc(N2CCCC(N)C2)c(F)c1. The van der Waals surface area contributed by atoms with Crippen LogP contribution >= 0.6 is 0 Å². The molecule has 0 amide bonds. The number of hydrogen-bond acceptors (Lipinski definition) is 3. The van der Waals surface area contributed by atoms with Crippen molar-refractivity contribution >= 4 is 5.69 Å². The highest BCUT2D eigenvalue weighted by Crippen LogP contribution is 2.26. The fraction of sp³-hybridized carbons (Fsp3) is 0.538. The van der Waals surface area contributed by atoms with Gasteiger partial charge in [0.25, 0.3) is 0 Å². The fourth-order valence-corrected chi connectivity index (χ4v) is 2.23. The molecule has 0 aliphatic carbocycles. The van der Waals surface area contributed by atoms with E-state index < -0.39 is 0 Å². The van der Waals surface area contributed by atoms with Gasteiger partial charge in [0.1, 0.15) is 11.6 Å². The van der Waals surface area contributed by atoms with Crippen molar-refractivity contribution in [2.45, 2.75) is 25.8 Å². The minimum atomic E-state index is -0.231. The summed E-state index contributed by atoms with van der Waals surface area (Å²) in [4.78, 5) is 2.01. The standard InChI is InChI=1S/C13H19FN2O/c1-2-17-11-5-6-13(12(14)8-11)16-7-3-4-10(15)9-16/h5-6,8,10H,2-4,7,9,15H2,1H3. The van der Waals surface area contributed by atoms with Gasteiger partial charge in [0.15, 0.2) is 0 Å². The van der Waals surface area contributed by atoms with Crippen molar-refractivity contribution in [3.05, 3.63) is 24.0 Å². The molecular weight excluding hydrogens is 219 g/mol. The van der Waals surface area contributed by atoms with Crippen molar-refractivity contribution in [2.24, 2.45) is 5.73 Å². The van der Waals surface area contributed by atoms with Crippen molar-refractivity contribution in [3.63, 3.8) is 0 Å². The summed E-state index contributed by atoms with van der Waals surface area (Å²) < 4.78 is 19.2. The average molecular weight is 238 g/mol. The molecule has 0 bridgehead atoms. The van der Waals surface area contributed by atoms with Gasteiger partial charge in [0.05, 0.1) is 12.3 Å². The van der Waals surface area contributed by atoms with Gasteiger partial charge >= 0.3 is 0 Å². The molecule has 0 saturated carbocycles. The number of anilines is 1. The van der Waals surface area contributed by atoms with E-state index in [1.54, 1.807) is 6.07 Å². The van der Waals surface area contributed by atoms with Crippen LogP contribution in [0.15, 0.2) is 18.2 Å². The van der Waals surface area contributed by atoms with Crippen molar-refractivity contribution < 1.29 is 9.13 Å². The molecule has 2 rings (SSSR count). The zero-order valence-corrected chi connectivity index (χ0v) is 10.2. The van der Waals surface area contributed by atoms with E-state index in [-0.39, 0.29) is 11.9 Å². The summed E-state index contributed by atoms with van der Waals surface area (Å²) in [6.45, 7) is 4.03. The number of nitrogens with two attached hydrogens (primary N) is 1. The van der Waals surface area contributed by atoms with Gasteiger partial charge in [-0.05, 0) is 31.9 Å². The first-order chi connectivity index (χ1) is 8.20. The maximum Gasteiger partial charge on any atom is 0.150 e. The van der Waals surface area contributed by atoms with Crippen LogP contribution < -0.4 is 15.4 Å². The summed E-state index contributed by atoms with van der Waals surface area (Å²) in [5, 5.41) is 0.